The SMILES string of the molecule is Nc1ncc(O)c(OC(F)(F)F)c1N. The first-order valence-electron chi connectivity index (χ1n) is 3.30. The van der Waals surface area contributed by atoms with Crippen molar-refractivity contribution in [3.63, 3.8) is 0 Å². The van der Waals surface area contributed by atoms with Crippen LogP contribution >= 0.6 is 0 Å². The summed E-state index contributed by atoms with van der Waals surface area (Å²) in [7, 11) is 0. The van der Waals surface area contributed by atoms with Crippen LogP contribution in [0.4, 0.5) is 24.7 Å². The molecular formula is C6H6F3N3O2. The molecule has 0 aromatic carbocycles. The smallest absolute Gasteiger partial charge is 0.503 e. The van der Waals surface area contributed by atoms with Crippen LogP contribution in [0.1, 0.15) is 0 Å². The maximum atomic E-state index is 11.8. The summed E-state index contributed by atoms with van der Waals surface area (Å²) in [4.78, 5) is 3.32. The maximum Gasteiger partial charge on any atom is 0.573 e. The highest BCUT2D eigenvalue weighted by molar-refractivity contribution is 5.70. The van der Waals surface area contributed by atoms with Gasteiger partial charge in [0.1, 0.15) is 5.69 Å². The van der Waals surface area contributed by atoms with Gasteiger partial charge in [-0.2, -0.15) is 0 Å². The summed E-state index contributed by atoms with van der Waals surface area (Å²) in [6.07, 6.45) is -4.23. The van der Waals surface area contributed by atoms with Gasteiger partial charge in [0.15, 0.2) is 17.3 Å². The topological polar surface area (TPSA) is 94.4 Å². The number of halogens is 3. The molecule has 1 heterocycles. The first-order chi connectivity index (χ1) is 6.31. The third kappa shape index (κ3) is 2.09. The number of nitrogens with two attached hydrogens (primary N) is 2. The normalized spacial score (nSPS) is 11.4. The van der Waals surface area contributed by atoms with Gasteiger partial charge in [-0.3, -0.25) is 0 Å². The maximum absolute atomic E-state index is 11.8. The predicted octanol–water partition coefficient (Wildman–Crippen LogP) is 0.850. The summed E-state index contributed by atoms with van der Waals surface area (Å²) in [5.74, 6) is -2.11. The number of nitrogens with zero attached hydrogens (tertiary/aromatic N) is 1. The number of aromatic hydroxyl groups is 1. The van der Waals surface area contributed by atoms with E-state index in [1.54, 1.807) is 0 Å². The molecule has 0 unspecified atom stereocenters. The summed E-state index contributed by atoms with van der Waals surface area (Å²) in [5.41, 5.74) is 9.68. The fourth-order valence-electron chi connectivity index (χ4n) is 0.736. The molecule has 1 rings (SSSR count). The van der Waals surface area contributed by atoms with E-state index in [0.29, 0.717) is 6.20 Å². The lowest BCUT2D eigenvalue weighted by molar-refractivity contribution is -0.274. The fraction of sp³-hybridized carbons (Fsp3) is 0.167. The van der Waals surface area contributed by atoms with Gasteiger partial charge >= 0.3 is 6.36 Å². The molecule has 0 amide bonds. The van der Waals surface area contributed by atoms with Crippen LogP contribution in [-0.4, -0.2) is 16.5 Å². The molecule has 0 bridgehead atoms. The number of aromatic nitrogens is 1. The second kappa shape index (κ2) is 3.13. The molecule has 1 aromatic heterocycles. The van der Waals surface area contributed by atoms with Crippen molar-refractivity contribution in [3.05, 3.63) is 6.20 Å². The quantitative estimate of drug-likeness (QED) is 0.637. The molecule has 0 saturated heterocycles. The fourth-order valence-corrected chi connectivity index (χ4v) is 0.736. The zero-order valence-electron chi connectivity index (χ0n) is 6.67. The summed E-state index contributed by atoms with van der Waals surface area (Å²) in [6.45, 7) is 0. The largest absolute Gasteiger partial charge is 0.573 e. The molecule has 0 saturated carbocycles. The monoisotopic (exact) mass is 209 g/mol. The molecule has 1 aromatic rings. The molecule has 0 spiro atoms. The van der Waals surface area contributed by atoms with Crippen molar-refractivity contribution in [2.45, 2.75) is 6.36 Å². The van der Waals surface area contributed by atoms with Crippen LogP contribution in [0.3, 0.4) is 0 Å². The number of hydrogen-bond donors (Lipinski definition) is 3. The van der Waals surface area contributed by atoms with Gasteiger partial charge in [0, 0.05) is 0 Å². The third-order valence-corrected chi connectivity index (χ3v) is 1.30. The van der Waals surface area contributed by atoms with Gasteiger partial charge in [0.25, 0.3) is 0 Å². The molecule has 78 valence electrons. The molecule has 8 heteroatoms. The average molecular weight is 209 g/mol. The number of hydrogen-bond acceptors (Lipinski definition) is 5. The van der Waals surface area contributed by atoms with Crippen LogP contribution in [0, 0.1) is 0 Å². The number of anilines is 2. The first-order valence-corrected chi connectivity index (χ1v) is 3.30. The van der Waals surface area contributed by atoms with E-state index in [-0.39, 0.29) is 5.82 Å². The molecule has 14 heavy (non-hydrogen) atoms. The van der Waals surface area contributed by atoms with Gasteiger partial charge < -0.3 is 21.3 Å². The van der Waals surface area contributed by atoms with Crippen molar-refractivity contribution in [3.8, 4) is 11.5 Å². The zero-order valence-corrected chi connectivity index (χ0v) is 6.67. The molecule has 5 nitrogen and oxygen atoms in total. The van der Waals surface area contributed by atoms with E-state index in [1.165, 1.54) is 0 Å². The van der Waals surface area contributed by atoms with Crippen LogP contribution < -0.4 is 16.2 Å². The Morgan fingerprint density at radius 3 is 2.43 bits per heavy atom. The highest BCUT2D eigenvalue weighted by Gasteiger charge is 2.33. The van der Waals surface area contributed by atoms with E-state index < -0.39 is 23.5 Å². The Balaban J connectivity index is 3.13. The van der Waals surface area contributed by atoms with E-state index in [0.717, 1.165) is 0 Å². The van der Waals surface area contributed by atoms with Crippen LogP contribution in [0.2, 0.25) is 0 Å². The Bertz CT molecular complexity index is 353. The van der Waals surface area contributed by atoms with Crippen LogP contribution in [0.25, 0.3) is 0 Å². The molecule has 0 aliphatic rings. The van der Waals surface area contributed by atoms with Crippen molar-refractivity contribution in [2.75, 3.05) is 11.5 Å². The van der Waals surface area contributed by atoms with E-state index in [1.807, 2.05) is 0 Å². The van der Waals surface area contributed by atoms with Crippen molar-refractivity contribution >= 4 is 11.5 Å². The van der Waals surface area contributed by atoms with Gasteiger partial charge in [-0.15, -0.1) is 13.2 Å². The van der Waals surface area contributed by atoms with Gasteiger partial charge in [-0.1, -0.05) is 0 Å². The van der Waals surface area contributed by atoms with Gasteiger partial charge in [-0.05, 0) is 0 Å². The Morgan fingerprint density at radius 2 is 1.93 bits per heavy atom. The van der Waals surface area contributed by atoms with E-state index in [2.05, 4.69) is 9.72 Å². The lowest BCUT2D eigenvalue weighted by Gasteiger charge is -2.12. The number of nitrogen functional groups attached to an aromatic ring is 2. The average Bonchev–Trinajstić information content (AvgIpc) is 2.04. The molecule has 0 radical (unpaired) electrons. The van der Waals surface area contributed by atoms with Crippen LogP contribution in [0.5, 0.6) is 11.5 Å². The summed E-state index contributed by atoms with van der Waals surface area (Å²) in [5, 5.41) is 8.96. The number of rotatable bonds is 1. The lowest BCUT2D eigenvalue weighted by Crippen LogP contribution is -2.18. The van der Waals surface area contributed by atoms with Crippen LogP contribution in [0.15, 0.2) is 6.20 Å². The molecular weight excluding hydrogens is 203 g/mol. The van der Waals surface area contributed by atoms with Gasteiger partial charge in [0.2, 0.25) is 0 Å². The molecule has 0 atom stereocenters. The predicted molar refractivity (Wildman–Crippen MR) is 41.4 cm³/mol. The highest BCUT2D eigenvalue weighted by Crippen LogP contribution is 2.38. The van der Waals surface area contributed by atoms with Crippen molar-refractivity contribution in [1.82, 2.24) is 4.98 Å². The minimum absolute atomic E-state index is 0.345. The lowest BCUT2D eigenvalue weighted by atomic mass is 10.3. The zero-order chi connectivity index (χ0) is 10.9. The van der Waals surface area contributed by atoms with Crippen molar-refractivity contribution in [1.29, 1.82) is 0 Å². The Kier molecular flexibility index (Phi) is 2.28. The second-order valence-electron chi connectivity index (χ2n) is 2.32. The molecule has 0 aliphatic heterocycles. The first kappa shape index (κ1) is 10.2. The third-order valence-electron chi connectivity index (χ3n) is 1.30. The van der Waals surface area contributed by atoms with Crippen molar-refractivity contribution in [2.24, 2.45) is 0 Å². The van der Waals surface area contributed by atoms with E-state index in [9.17, 15) is 13.2 Å². The Hall–Kier alpha value is -1.86. The molecule has 0 fully saturated rings. The van der Waals surface area contributed by atoms with Gasteiger partial charge in [-0.25, -0.2) is 4.98 Å². The van der Waals surface area contributed by atoms with E-state index in [4.69, 9.17) is 16.6 Å². The molecule has 0 aliphatic carbocycles. The number of ether oxygens (including phenoxy) is 1. The molecule has 5 N–H and O–H groups in total. The standard InChI is InChI=1S/C6H6F3N3O2/c7-6(8,9)14-4-2(13)1-12-5(11)3(4)10/h1,13H,10H2,(H2,11,12). The minimum atomic E-state index is -4.95. The summed E-state index contributed by atoms with van der Waals surface area (Å²) < 4.78 is 38.8. The number of pyridine rings is 1. The highest BCUT2D eigenvalue weighted by atomic mass is 19.4. The Labute approximate surface area is 76.1 Å². The number of alkyl halides is 3. The Morgan fingerprint density at radius 1 is 1.36 bits per heavy atom. The van der Waals surface area contributed by atoms with Crippen LogP contribution in [-0.2, 0) is 0 Å². The summed E-state index contributed by atoms with van der Waals surface area (Å²) >= 11 is 0. The van der Waals surface area contributed by atoms with E-state index >= 15 is 0 Å². The van der Waals surface area contributed by atoms with Crippen molar-refractivity contribution < 1.29 is 23.0 Å². The second-order valence-corrected chi connectivity index (χ2v) is 2.32. The minimum Gasteiger partial charge on any atom is -0.503 e. The van der Waals surface area contributed by atoms with Gasteiger partial charge in [0.05, 0.1) is 6.20 Å². The summed E-state index contributed by atoms with van der Waals surface area (Å²) in [6, 6.07) is 0.